The number of hydrogen-bond donors (Lipinski definition) is 0. The molecule has 0 bridgehead atoms. The lowest BCUT2D eigenvalue weighted by atomic mass is 10.1. The normalized spacial score (nSPS) is 18.2. The van der Waals surface area contributed by atoms with Crippen molar-refractivity contribution in [1.82, 2.24) is 9.80 Å². The molecule has 0 spiro atoms. The standard InChI is InChI=1S/C15H22N2O2.C2H6/c1-2-5-16-6-8-17(9-7-16)11-13-3-4-14-15(10-13)19-12-18-14;1-2/h3-4,10H,2,5-9,11-12H2,1H3;1-2H3. The van der Waals surface area contributed by atoms with Crippen LogP contribution in [0.3, 0.4) is 0 Å². The fourth-order valence-corrected chi connectivity index (χ4v) is 2.78. The summed E-state index contributed by atoms with van der Waals surface area (Å²) < 4.78 is 10.8. The van der Waals surface area contributed by atoms with Crippen LogP contribution in [0.5, 0.6) is 11.5 Å². The molecule has 118 valence electrons. The fraction of sp³-hybridized carbons (Fsp3) is 0.647. The van der Waals surface area contributed by atoms with E-state index < -0.39 is 0 Å². The van der Waals surface area contributed by atoms with Gasteiger partial charge in [0.1, 0.15) is 0 Å². The maximum atomic E-state index is 5.43. The first-order chi connectivity index (χ1) is 10.3. The van der Waals surface area contributed by atoms with Gasteiger partial charge in [-0.2, -0.15) is 0 Å². The minimum Gasteiger partial charge on any atom is -0.454 e. The first kappa shape index (κ1) is 16.1. The molecular weight excluding hydrogens is 264 g/mol. The van der Waals surface area contributed by atoms with Crippen molar-refractivity contribution in [2.24, 2.45) is 0 Å². The first-order valence-corrected chi connectivity index (χ1v) is 8.18. The molecule has 1 saturated heterocycles. The Bertz CT molecular complexity index is 429. The Hall–Kier alpha value is -1.26. The van der Waals surface area contributed by atoms with Crippen molar-refractivity contribution in [3.05, 3.63) is 23.8 Å². The molecule has 0 aromatic heterocycles. The average molecular weight is 292 g/mol. The van der Waals surface area contributed by atoms with Crippen molar-refractivity contribution in [2.45, 2.75) is 33.7 Å². The van der Waals surface area contributed by atoms with Crippen LogP contribution in [-0.4, -0.2) is 49.3 Å². The lowest BCUT2D eigenvalue weighted by Crippen LogP contribution is -2.45. The van der Waals surface area contributed by atoms with Gasteiger partial charge in [-0.1, -0.05) is 26.8 Å². The highest BCUT2D eigenvalue weighted by molar-refractivity contribution is 5.44. The van der Waals surface area contributed by atoms with Crippen LogP contribution in [0.15, 0.2) is 18.2 Å². The molecule has 4 heteroatoms. The molecule has 0 unspecified atom stereocenters. The average Bonchev–Trinajstić information content (AvgIpc) is 2.99. The minimum absolute atomic E-state index is 0.356. The zero-order valence-electron chi connectivity index (χ0n) is 13.6. The van der Waals surface area contributed by atoms with E-state index in [2.05, 4.69) is 28.9 Å². The Balaban J connectivity index is 0.000000774. The molecule has 0 N–H and O–H groups in total. The van der Waals surface area contributed by atoms with E-state index in [9.17, 15) is 0 Å². The van der Waals surface area contributed by atoms with Crippen molar-refractivity contribution in [1.29, 1.82) is 0 Å². The van der Waals surface area contributed by atoms with Gasteiger partial charge < -0.3 is 14.4 Å². The van der Waals surface area contributed by atoms with Crippen molar-refractivity contribution < 1.29 is 9.47 Å². The second-order valence-electron chi connectivity index (χ2n) is 5.31. The molecule has 2 heterocycles. The molecule has 1 aromatic rings. The zero-order valence-corrected chi connectivity index (χ0v) is 13.6. The van der Waals surface area contributed by atoms with Crippen molar-refractivity contribution >= 4 is 0 Å². The Kier molecular flexibility index (Phi) is 6.33. The molecule has 4 nitrogen and oxygen atoms in total. The number of hydrogen-bond acceptors (Lipinski definition) is 4. The van der Waals surface area contributed by atoms with E-state index in [0.717, 1.165) is 31.1 Å². The smallest absolute Gasteiger partial charge is 0.231 e. The summed E-state index contributed by atoms with van der Waals surface area (Å²) in [7, 11) is 0. The minimum atomic E-state index is 0.356. The number of nitrogens with zero attached hydrogens (tertiary/aromatic N) is 2. The Morgan fingerprint density at radius 3 is 2.33 bits per heavy atom. The predicted molar refractivity (Wildman–Crippen MR) is 85.9 cm³/mol. The molecule has 3 rings (SSSR count). The van der Waals surface area contributed by atoms with Gasteiger partial charge in [0.25, 0.3) is 0 Å². The van der Waals surface area contributed by atoms with Crippen molar-refractivity contribution in [3.63, 3.8) is 0 Å². The van der Waals surface area contributed by atoms with E-state index in [4.69, 9.17) is 9.47 Å². The maximum Gasteiger partial charge on any atom is 0.231 e. The summed E-state index contributed by atoms with van der Waals surface area (Å²) in [5, 5.41) is 0. The third-order valence-corrected chi connectivity index (χ3v) is 3.85. The third kappa shape index (κ3) is 4.35. The van der Waals surface area contributed by atoms with Crippen LogP contribution < -0.4 is 9.47 Å². The third-order valence-electron chi connectivity index (χ3n) is 3.85. The van der Waals surface area contributed by atoms with E-state index in [1.165, 1.54) is 31.6 Å². The Morgan fingerprint density at radius 2 is 1.62 bits per heavy atom. The molecular formula is C17H28N2O2. The zero-order chi connectivity index (χ0) is 15.1. The van der Waals surface area contributed by atoms with Crippen molar-refractivity contribution in [3.8, 4) is 11.5 Å². The lowest BCUT2D eigenvalue weighted by Gasteiger charge is -2.34. The highest BCUT2D eigenvalue weighted by Crippen LogP contribution is 2.32. The fourth-order valence-electron chi connectivity index (χ4n) is 2.78. The number of ether oxygens (including phenoxy) is 2. The molecule has 0 saturated carbocycles. The predicted octanol–water partition coefficient (Wildman–Crippen LogP) is 2.97. The number of piperazine rings is 1. The monoisotopic (exact) mass is 292 g/mol. The van der Waals surface area contributed by atoms with Crippen LogP contribution in [0, 0.1) is 0 Å². The molecule has 0 amide bonds. The molecule has 0 aliphatic carbocycles. The SMILES string of the molecule is CC.CCCN1CCN(Cc2ccc3c(c2)OCO3)CC1. The lowest BCUT2D eigenvalue weighted by molar-refractivity contribution is 0.127. The molecule has 2 aliphatic heterocycles. The Labute approximate surface area is 128 Å². The number of benzene rings is 1. The van der Waals surface area contributed by atoms with Crippen LogP contribution >= 0.6 is 0 Å². The van der Waals surface area contributed by atoms with Gasteiger partial charge in [-0.15, -0.1) is 0 Å². The van der Waals surface area contributed by atoms with Crippen LogP contribution in [0.1, 0.15) is 32.8 Å². The largest absolute Gasteiger partial charge is 0.454 e. The molecule has 2 aliphatic rings. The topological polar surface area (TPSA) is 24.9 Å². The van der Waals surface area contributed by atoms with E-state index >= 15 is 0 Å². The van der Waals surface area contributed by atoms with Crippen LogP contribution in [0.25, 0.3) is 0 Å². The summed E-state index contributed by atoms with van der Waals surface area (Å²) in [6.07, 6.45) is 1.25. The second kappa shape index (κ2) is 8.25. The van der Waals surface area contributed by atoms with Gasteiger partial charge in [-0.05, 0) is 30.7 Å². The summed E-state index contributed by atoms with van der Waals surface area (Å²) in [5.74, 6) is 1.76. The quantitative estimate of drug-likeness (QED) is 0.852. The van der Waals surface area contributed by atoms with E-state index in [1.807, 2.05) is 19.9 Å². The summed E-state index contributed by atoms with van der Waals surface area (Å²) in [5.41, 5.74) is 1.31. The van der Waals surface area contributed by atoms with Gasteiger partial charge in [0.05, 0.1) is 0 Å². The second-order valence-corrected chi connectivity index (χ2v) is 5.31. The van der Waals surface area contributed by atoms with Crippen LogP contribution in [-0.2, 0) is 6.54 Å². The van der Waals surface area contributed by atoms with Crippen LogP contribution in [0.4, 0.5) is 0 Å². The van der Waals surface area contributed by atoms with Gasteiger partial charge in [0, 0.05) is 32.7 Å². The van der Waals surface area contributed by atoms with Crippen molar-refractivity contribution in [2.75, 3.05) is 39.5 Å². The summed E-state index contributed by atoms with van der Waals surface area (Å²) >= 11 is 0. The highest BCUT2D eigenvalue weighted by atomic mass is 16.7. The first-order valence-electron chi connectivity index (χ1n) is 8.18. The molecule has 21 heavy (non-hydrogen) atoms. The molecule has 0 atom stereocenters. The highest BCUT2D eigenvalue weighted by Gasteiger charge is 2.18. The summed E-state index contributed by atoms with van der Waals surface area (Å²) in [4.78, 5) is 5.07. The molecule has 0 radical (unpaired) electrons. The summed E-state index contributed by atoms with van der Waals surface area (Å²) in [6.45, 7) is 13.6. The number of rotatable bonds is 4. The van der Waals surface area contributed by atoms with Gasteiger partial charge in [0.2, 0.25) is 6.79 Å². The number of fused-ring (bicyclic) bond motifs is 1. The van der Waals surface area contributed by atoms with Gasteiger partial charge in [0.15, 0.2) is 11.5 Å². The van der Waals surface area contributed by atoms with Crippen LogP contribution in [0.2, 0.25) is 0 Å². The molecule has 1 aromatic carbocycles. The van der Waals surface area contributed by atoms with Gasteiger partial charge in [-0.3, -0.25) is 4.90 Å². The van der Waals surface area contributed by atoms with Gasteiger partial charge in [-0.25, -0.2) is 0 Å². The van der Waals surface area contributed by atoms with Gasteiger partial charge >= 0.3 is 0 Å². The Morgan fingerprint density at radius 1 is 0.952 bits per heavy atom. The van der Waals surface area contributed by atoms with E-state index in [0.29, 0.717) is 6.79 Å². The van der Waals surface area contributed by atoms with E-state index in [-0.39, 0.29) is 0 Å². The van der Waals surface area contributed by atoms with E-state index in [1.54, 1.807) is 0 Å². The summed E-state index contributed by atoms with van der Waals surface area (Å²) in [6, 6.07) is 6.28. The molecule has 1 fully saturated rings. The maximum absolute atomic E-state index is 5.43.